The number of hydrogen-bond acceptors (Lipinski definition) is 5. The molecule has 0 saturated heterocycles. The fourth-order valence-corrected chi connectivity index (χ4v) is 2.96. The lowest BCUT2D eigenvalue weighted by Crippen LogP contribution is -2.19. The molecule has 0 aliphatic heterocycles. The number of nitrogens with zero attached hydrogens (tertiary/aromatic N) is 1. The Labute approximate surface area is 201 Å². The number of ether oxygens (including phenoxy) is 2. The van der Waals surface area contributed by atoms with E-state index < -0.39 is 69.9 Å². The maximum absolute atomic E-state index is 14.9. The van der Waals surface area contributed by atoms with E-state index >= 15 is 0 Å². The first-order chi connectivity index (χ1) is 17.1. The minimum absolute atomic E-state index is 0.173. The molecule has 2 amide bonds. The average Bonchev–Trinajstić information content (AvgIpc) is 2.77. The molecule has 3 aromatic rings. The molecule has 0 unspecified atom stereocenters. The number of halogens is 8. The molecule has 1 aromatic heterocycles. The number of anilines is 1. The van der Waals surface area contributed by atoms with E-state index in [2.05, 4.69) is 15.0 Å². The lowest BCUT2D eigenvalue weighted by Gasteiger charge is -2.18. The summed E-state index contributed by atoms with van der Waals surface area (Å²) in [6.07, 6.45) is -9.52. The molecule has 2 aromatic carbocycles. The van der Waals surface area contributed by atoms with Crippen molar-refractivity contribution in [3.63, 3.8) is 0 Å². The summed E-state index contributed by atoms with van der Waals surface area (Å²) in [6.45, 7) is 0.958. The number of carbonyl (C=O) groups excluding carboxylic acids is 2. The van der Waals surface area contributed by atoms with Gasteiger partial charge in [-0.1, -0.05) is 0 Å². The van der Waals surface area contributed by atoms with Crippen LogP contribution < -0.4 is 20.5 Å². The Balaban J connectivity index is 2.03. The molecule has 3 rings (SSSR count). The Morgan fingerprint density at radius 2 is 1.51 bits per heavy atom. The minimum atomic E-state index is -5.22. The number of carbonyl (C=O) groups is 2. The molecule has 3 N–H and O–H groups in total. The molecule has 0 saturated carbocycles. The standard InChI is InChI=1S/C22H13F8N3O4/c1-9-13(6-7-15(17(9)23)37-22(28,29)30)36-14-5-3-11(21(25,26)27)18(24)16(14)20(35)33-10-2-4-12(19(31)34)32-8-10/h2-8H,1H3,(H2,31,34)(H,33,35). The summed E-state index contributed by atoms with van der Waals surface area (Å²) < 4.78 is 115. The van der Waals surface area contributed by atoms with Gasteiger partial charge in [0, 0.05) is 5.56 Å². The van der Waals surface area contributed by atoms with Crippen molar-refractivity contribution in [3.8, 4) is 17.2 Å². The quantitative estimate of drug-likeness (QED) is 0.393. The maximum Gasteiger partial charge on any atom is 0.573 e. The Morgan fingerprint density at radius 1 is 0.892 bits per heavy atom. The predicted molar refractivity (Wildman–Crippen MR) is 110 cm³/mol. The van der Waals surface area contributed by atoms with Gasteiger partial charge in [-0.3, -0.25) is 9.59 Å². The molecule has 0 spiro atoms. The van der Waals surface area contributed by atoms with Crippen LogP contribution in [0.3, 0.4) is 0 Å². The molecular weight excluding hydrogens is 522 g/mol. The fraction of sp³-hybridized carbons (Fsp3) is 0.136. The first-order valence-electron chi connectivity index (χ1n) is 9.78. The van der Waals surface area contributed by atoms with Crippen LogP contribution in [0.2, 0.25) is 0 Å². The summed E-state index contributed by atoms with van der Waals surface area (Å²) in [6, 6.07) is 4.33. The number of pyridine rings is 1. The summed E-state index contributed by atoms with van der Waals surface area (Å²) in [5.41, 5.74) is 0.986. The van der Waals surface area contributed by atoms with Gasteiger partial charge < -0.3 is 20.5 Å². The van der Waals surface area contributed by atoms with Gasteiger partial charge in [0.05, 0.1) is 17.4 Å². The Bertz CT molecular complexity index is 1360. The molecule has 1 heterocycles. The van der Waals surface area contributed by atoms with Crippen LogP contribution in [0.15, 0.2) is 42.6 Å². The van der Waals surface area contributed by atoms with Crippen LogP contribution in [-0.2, 0) is 6.18 Å². The molecule has 0 aliphatic carbocycles. The average molecular weight is 535 g/mol. The molecule has 15 heteroatoms. The number of primary amides is 1. The van der Waals surface area contributed by atoms with Gasteiger partial charge in [-0.15, -0.1) is 13.2 Å². The van der Waals surface area contributed by atoms with E-state index in [1.54, 1.807) is 0 Å². The third kappa shape index (κ3) is 6.23. The molecule has 7 nitrogen and oxygen atoms in total. The molecular formula is C22H13F8N3O4. The lowest BCUT2D eigenvalue weighted by atomic mass is 10.1. The highest BCUT2D eigenvalue weighted by Crippen LogP contribution is 2.39. The van der Waals surface area contributed by atoms with Crippen molar-refractivity contribution in [1.29, 1.82) is 0 Å². The summed E-state index contributed by atoms with van der Waals surface area (Å²) in [4.78, 5) is 27.5. The van der Waals surface area contributed by atoms with Crippen LogP contribution in [0, 0.1) is 18.6 Å². The van der Waals surface area contributed by atoms with Crippen LogP contribution in [0.5, 0.6) is 17.2 Å². The number of aromatic nitrogens is 1. The van der Waals surface area contributed by atoms with Crippen LogP contribution >= 0.6 is 0 Å². The van der Waals surface area contributed by atoms with Crippen LogP contribution in [-0.4, -0.2) is 23.2 Å². The number of nitrogens with one attached hydrogen (secondary N) is 1. The van der Waals surface area contributed by atoms with Crippen molar-refractivity contribution in [2.24, 2.45) is 5.73 Å². The van der Waals surface area contributed by atoms with Crippen LogP contribution in [0.4, 0.5) is 40.8 Å². The fourth-order valence-electron chi connectivity index (χ4n) is 2.96. The molecule has 37 heavy (non-hydrogen) atoms. The zero-order valence-electron chi connectivity index (χ0n) is 18.2. The van der Waals surface area contributed by atoms with Crippen LogP contribution in [0.1, 0.15) is 32.0 Å². The second kappa shape index (κ2) is 9.91. The van der Waals surface area contributed by atoms with E-state index in [4.69, 9.17) is 10.5 Å². The maximum atomic E-state index is 14.9. The van der Waals surface area contributed by atoms with Crippen molar-refractivity contribution in [3.05, 3.63) is 76.6 Å². The van der Waals surface area contributed by atoms with Gasteiger partial charge in [0.25, 0.3) is 11.8 Å². The van der Waals surface area contributed by atoms with Gasteiger partial charge in [0.15, 0.2) is 17.4 Å². The largest absolute Gasteiger partial charge is 0.573 e. The first kappa shape index (κ1) is 27.2. The van der Waals surface area contributed by atoms with Gasteiger partial charge in [-0.05, 0) is 43.3 Å². The van der Waals surface area contributed by atoms with Crippen molar-refractivity contribution in [2.45, 2.75) is 19.5 Å². The highest BCUT2D eigenvalue weighted by molar-refractivity contribution is 6.06. The molecule has 0 aliphatic rings. The summed E-state index contributed by atoms with van der Waals surface area (Å²) in [7, 11) is 0. The van der Waals surface area contributed by atoms with E-state index in [0.29, 0.717) is 12.1 Å². The third-order valence-electron chi connectivity index (χ3n) is 4.66. The molecule has 0 fully saturated rings. The van der Waals surface area contributed by atoms with Crippen LogP contribution in [0.25, 0.3) is 0 Å². The Hall–Kier alpha value is -4.43. The van der Waals surface area contributed by atoms with Crippen molar-refractivity contribution >= 4 is 17.5 Å². The van der Waals surface area contributed by atoms with E-state index in [9.17, 15) is 44.7 Å². The molecule has 0 radical (unpaired) electrons. The van der Waals surface area contributed by atoms with Crippen molar-refractivity contribution < 1.29 is 54.2 Å². The van der Waals surface area contributed by atoms with E-state index in [1.165, 1.54) is 0 Å². The SMILES string of the molecule is Cc1c(Oc2ccc(C(F)(F)F)c(F)c2C(=O)Nc2ccc(C(N)=O)nc2)ccc(OC(F)(F)F)c1F. The number of benzene rings is 2. The number of nitrogens with two attached hydrogens (primary N) is 1. The summed E-state index contributed by atoms with van der Waals surface area (Å²) >= 11 is 0. The lowest BCUT2D eigenvalue weighted by molar-refractivity contribution is -0.275. The highest BCUT2D eigenvalue weighted by Gasteiger charge is 2.38. The summed E-state index contributed by atoms with van der Waals surface area (Å²) in [5.74, 6) is -8.52. The van der Waals surface area contributed by atoms with Crippen molar-refractivity contribution in [2.75, 3.05) is 5.32 Å². The minimum Gasteiger partial charge on any atom is -0.456 e. The predicted octanol–water partition coefficient (Wildman–Crippen LogP) is 5.73. The number of alkyl halides is 6. The highest BCUT2D eigenvalue weighted by atomic mass is 19.4. The molecule has 196 valence electrons. The van der Waals surface area contributed by atoms with Gasteiger partial charge in [0.1, 0.15) is 22.8 Å². The van der Waals surface area contributed by atoms with Gasteiger partial charge in [0.2, 0.25) is 0 Å². The first-order valence-corrected chi connectivity index (χ1v) is 9.78. The monoisotopic (exact) mass is 535 g/mol. The normalized spacial score (nSPS) is 11.7. The second-order valence-electron chi connectivity index (χ2n) is 7.20. The second-order valence-corrected chi connectivity index (χ2v) is 7.20. The molecule has 0 bridgehead atoms. The van der Waals surface area contributed by atoms with E-state index in [0.717, 1.165) is 31.3 Å². The van der Waals surface area contributed by atoms with Gasteiger partial charge in [-0.2, -0.15) is 13.2 Å². The number of amides is 2. The van der Waals surface area contributed by atoms with Gasteiger partial charge >= 0.3 is 12.5 Å². The van der Waals surface area contributed by atoms with E-state index in [-0.39, 0.29) is 17.4 Å². The zero-order valence-corrected chi connectivity index (χ0v) is 18.2. The smallest absolute Gasteiger partial charge is 0.456 e. The van der Waals surface area contributed by atoms with Gasteiger partial charge in [-0.25, -0.2) is 13.8 Å². The van der Waals surface area contributed by atoms with E-state index in [1.807, 2.05) is 0 Å². The van der Waals surface area contributed by atoms with Crippen molar-refractivity contribution in [1.82, 2.24) is 4.98 Å². The third-order valence-corrected chi connectivity index (χ3v) is 4.66. The Kier molecular flexibility index (Phi) is 7.27. The Morgan fingerprint density at radius 3 is 2.05 bits per heavy atom. The molecule has 0 atom stereocenters. The summed E-state index contributed by atoms with van der Waals surface area (Å²) in [5, 5.41) is 2.07. The topological polar surface area (TPSA) is 104 Å². The number of rotatable bonds is 6. The zero-order chi connectivity index (χ0) is 27.7. The number of hydrogen-bond donors (Lipinski definition) is 2.